The first-order valence-corrected chi connectivity index (χ1v) is 12.4. The van der Waals surface area contributed by atoms with Gasteiger partial charge in [-0.25, -0.2) is 0 Å². The summed E-state index contributed by atoms with van der Waals surface area (Å²) < 4.78 is 0. The molecule has 33 heavy (non-hydrogen) atoms. The van der Waals surface area contributed by atoms with Gasteiger partial charge in [-0.05, 0) is 43.5 Å². The van der Waals surface area contributed by atoms with Crippen LogP contribution in [-0.2, 0) is 21.9 Å². The fourth-order valence-corrected chi connectivity index (χ4v) is 4.27. The molecule has 7 nitrogen and oxygen atoms in total. The lowest BCUT2D eigenvalue weighted by Gasteiger charge is -2.30. The van der Waals surface area contributed by atoms with Crippen LogP contribution >= 0.6 is 35.0 Å². The molecule has 0 radical (unpaired) electrons. The van der Waals surface area contributed by atoms with Crippen LogP contribution < -0.4 is 5.32 Å². The summed E-state index contributed by atoms with van der Waals surface area (Å²) >= 11 is 13.7. The molecule has 0 aliphatic heterocycles. The van der Waals surface area contributed by atoms with Crippen molar-refractivity contribution in [2.24, 2.45) is 0 Å². The third-order valence-corrected chi connectivity index (χ3v) is 6.74. The molecule has 0 saturated heterocycles. The SMILES string of the molecule is CC[C@@H](C)NC(=O)[C@H](C)N(Cc1ccc(Cl)cc1Cl)C(=O)CSCc1ccc([N+](=O)[O-])cc1. The molecule has 0 bridgehead atoms. The van der Waals surface area contributed by atoms with Crippen molar-refractivity contribution in [3.8, 4) is 0 Å². The summed E-state index contributed by atoms with van der Waals surface area (Å²) in [5, 5.41) is 14.6. The van der Waals surface area contributed by atoms with Gasteiger partial charge in [0.25, 0.3) is 5.69 Å². The van der Waals surface area contributed by atoms with Gasteiger partial charge in [-0.2, -0.15) is 0 Å². The van der Waals surface area contributed by atoms with E-state index in [1.54, 1.807) is 37.3 Å². The summed E-state index contributed by atoms with van der Waals surface area (Å²) in [7, 11) is 0. The highest BCUT2D eigenvalue weighted by atomic mass is 35.5. The van der Waals surface area contributed by atoms with Crippen molar-refractivity contribution in [1.82, 2.24) is 10.2 Å². The number of non-ortho nitro benzene ring substituents is 1. The van der Waals surface area contributed by atoms with E-state index in [-0.39, 0.29) is 35.8 Å². The Hall–Kier alpha value is -2.29. The number of benzene rings is 2. The lowest BCUT2D eigenvalue weighted by atomic mass is 10.1. The number of carbonyl (C=O) groups excluding carboxylic acids is 2. The molecular formula is C23H27Cl2N3O4S. The maximum atomic E-state index is 13.1. The molecule has 0 fully saturated rings. The molecule has 0 saturated carbocycles. The minimum absolute atomic E-state index is 0.00691. The van der Waals surface area contributed by atoms with Crippen molar-refractivity contribution in [3.63, 3.8) is 0 Å². The minimum atomic E-state index is -0.696. The lowest BCUT2D eigenvalue weighted by molar-refractivity contribution is -0.384. The summed E-state index contributed by atoms with van der Waals surface area (Å²) in [4.78, 5) is 37.7. The highest BCUT2D eigenvalue weighted by Crippen LogP contribution is 2.24. The van der Waals surface area contributed by atoms with E-state index in [4.69, 9.17) is 23.2 Å². The lowest BCUT2D eigenvalue weighted by Crippen LogP contribution is -2.50. The number of nitrogens with one attached hydrogen (secondary N) is 1. The fraction of sp³-hybridized carbons (Fsp3) is 0.391. The van der Waals surface area contributed by atoms with E-state index >= 15 is 0 Å². The number of thioether (sulfide) groups is 1. The smallest absolute Gasteiger partial charge is 0.269 e. The van der Waals surface area contributed by atoms with Gasteiger partial charge >= 0.3 is 0 Å². The Bertz CT molecular complexity index is 988. The molecule has 0 heterocycles. The van der Waals surface area contributed by atoms with Gasteiger partial charge in [-0.3, -0.25) is 19.7 Å². The van der Waals surface area contributed by atoms with Crippen LogP contribution in [0.5, 0.6) is 0 Å². The molecule has 0 aromatic heterocycles. The number of nitro groups is 1. The molecule has 2 atom stereocenters. The van der Waals surface area contributed by atoms with E-state index in [0.29, 0.717) is 21.4 Å². The number of carbonyl (C=O) groups is 2. The largest absolute Gasteiger partial charge is 0.352 e. The Labute approximate surface area is 208 Å². The molecule has 2 aromatic carbocycles. The Kier molecular flexibility index (Phi) is 10.5. The number of rotatable bonds is 11. The maximum absolute atomic E-state index is 13.1. The number of halogens is 2. The molecular weight excluding hydrogens is 485 g/mol. The van der Waals surface area contributed by atoms with Crippen LogP contribution in [0.3, 0.4) is 0 Å². The van der Waals surface area contributed by atoms with Gasteiger partial charge in [-0.1, -0.05) is 48.3 Å². The predicted molar refractivity (Wildman–Crippen MR) is 134 cm³/mol. The van der Waals surface area contributed by atoms with Gasteiger partial charge < -0.3 is 10.2 Å². The summed E-state index contributed by atoms with van der Waals surface area (Å²) in [6, 6.07) is 10.6. The molecule has 0 aliphatic carbocycles. The zero-order valence-corrected chi connectivity index (χ0v) is 21.0. The van der Waals surface area contributed by atoms with Crippen LogP contribution in [-0.4, -0.2) is 39.5 Å². The molecule has 0 unspecified atom stereocenters. The number of hydrogen-bond donors (Lipinski definition) is 1. The van der Waals surface area contributed by atoms with Crippen molar-refractivity contribution < 1.29 is 14.5 Å². The number of nitrogens with zero attached hydrogens (tertiary/aromatic N) is 2. The summed E-state index contributed by atoms with van der Waals surface area (Å²) in [5.41, 5.74) is 1.58. The third-order valence-electron chi connectivity index (χ3n) is 5.17. The molecule has 178 valence electrons. The van der Waals surface area contributed by atoms with Crippen LogP contribution in [0.2, 0.25) is 10.0 Å². The molecule has 0 aliphatic rings. The van der Waals surface area contributed by atoms with Crippen molar-refractivity contribution in [3.05, 3.63) is 73.8 Å². The molecule has 10 heteroatoms. The second-order valence-corrected chi connectivity index (χ2v) is 9.50. The summed E-state index contributed by atoms with van der Waals surface area (Å²) in [5.74, 6) is 0.207. The Morgan fingerprint density at radius 3 is 2.39 bits per heavy atom. The quantitative estimate of drug-likeness (QED) is 0.319. The predicted octanol–water partition coefficient (Wildman–Crippen LogP) is 5.47. The van der Waals surface area contributed by atoms with Gasteiger partial charge in [0, 0.05) is 40.5 Å². The van der Waals surface area contributed by atoms with Crippen molar-refractivity contribution >= 4 is 52.5 Å². The second kappa shape index (κ2) is 12.8. The van der Waals surface area contributed by atoms with E-state index in [9.17, 15) is 19.7 Å². The molecule has 0 spiro atoms. The highest BCUT2D eigenvalue weighted by molar-refractivity contribution is 7.99. The highest BCUT2D eigenvalue weighted by Gasteiger charge is 2.27. The number of hydrogen-bond acceptors (Lipinski definition) is 5. The minimum Gasteiger partial charge on any atom is -0.352 e. The number of amides is 2. The first kappa shape index (κ1) is 27.0. The zero-order valence-electron chi connectivity index (χ0n) is 18.7. The Morgan fingerprint density at radius 1 is 1.15 bits per heavy atom. The standard InChI is InChI=1S/C23H27Cl2N3O4S/c1-4-15(2)26-23(30)16(3)27(12-18-7-8-19(24)11-21(18)25)22(29)14-33-13-17-5-9-20(10-6-17)28(31)32/h5-11,15-16H,4,12-14H2,1-3H3,(H,26,30)/t15-,16+/m1/s1. The van der Waals surface area contributed by atoms with Crippen LogP contribution in [0.1, 0.15) is 38.3 Å². The zero-order chi connectivity index (χ0) is 24.5. The summed E-state index contributed by atoms with van der Waals surface area (Å²) in [6.07, 6.45) is 0.778. The van der Waals surface area contributed by atoms with E-state index in [1.807, 2.05) is 13.8 Å². The second-order valence-electron chi connectivity index (χ2n) is 7.67. The van der Waals surface area contributed by atoms with E-state index < -0.39 is 11.0 Å². The van der Waals surface area contributed by atoms with Gasteiger partial charge in [0.1, 0.15) is 6.04 Å². The van der Waals surface area contributed by atoms with E-state index in [0.717, 1.165) is 12.0 Å². The molecule has 2 rings (SSSR count). The van der Waals surface area contributed by atoms with Crippen molar-refractivity contribution in [2.75, 3.05) is 5.75 Å². The molecule has 1 N–H and O–H groups in total. The van der Waals surface area contributed by atoms with Gasteiger partial charge in [0.2, 0.25) is 11.8 Å². The maximum Gasteiger partial charge on any atom is 0.269 e. The molecule has 2 amide bonds. The van der Waals surface area contributed by atoms with Crippen molar-refractivity contribution in [1.29, 1.82) is 0 Å². The first-order valence-electron chi connectivity index (χ1n) is 10.5. The van der Waals surface area contributed by atoms with Gasteiger partial charge in [0.15, 0.2) is 0 Å². The van der Waals surface area contributed by atoms with Crippen LogP contribution in [0, 0.1) is 10.1 Å². The third kappa shape index (κ3) is 8.21. The summed E-state index contributed by atoms with van der Waals surface area (Å²) in [6.45, 7) is 5.75. The average molecular weight is 512 g/mol. The normalized spacial score (nSPS) is 12.6. The van der Waals surface area contributed by atoms with Crippen LogP contribution in [0.25, 0.3) is 0 Å². The van der Waals surface area contributed by atoms with Crippen LogP contribution in [0.15, 0.2) is 42.5 Å². The van der Waals surface area contributed by atoms with Crippen molar-refractivity contribution in [2.45, 2.75) is 51.6 Å². The number of nitro benzene ring substituents is 1. The molecule has 2 aromatic rings. The average Bonchev–Trinajstić information content (AvgIpc) is 2.78. The monoisotopic (exact) mass is 511 g/mol. The van der Waals surface area contributed by atoms with E-state index in [2.05, 4.69) is 5.32 Å². The van der Waals surface area contributed by atoms with Crippen LogP contribution in [0.4, 0.5) is 5.69 Å². The topological polar surface area (TPSA) is 92.6 Å². The van der Waals surface area contributed by atoms with Gasteiger partial charge in [0.05, 0.1) is 10.7 Å². The fourth-order valence-electron chi connectivity index (χ4n) is 2.93. The Balaban J connectivity index is 2.10. The Morgan fingerprint density at radius 2 is 1.82 bits per heavy atom. The first-order chi connectivity index (χ1) is 15.6. The van der Waals surface area contributed by atoms with Gasteiger partial charge in [-0.15, -0.1) is 11.8 Å². The van der Waals surface area contributed by atoms with E-state index in [1.165, 1.54) is 28.8 Å².